The minimum atomic E-state index is -1.44. The third kappa shape index (κ3) is 3.42. The van der Waals surface area contributed by atoms with Crippen LogP contribution in [-0.4, -0.2) is 34.6 Å². The zero-order chi connectivity index (χ0) is 20.6. The van der Waals surface area contributed by atoms with Crippen LogP contribution in [0.2, 0.25) is 0 Å². The quantitative estimate of drug-likeness (QED) is 0.701. The molecule has 0 aromatic heterocycles. The van der Waals surface area contributed by atoms with Gasteiger partial charge in [0.15, 0.2) is 5.69 Å². The predicted molar refractivity (Wildman–Crippen MR) is 109 cm³/mol. The Hall–Kier alpha value is -3.06. The van der Waals surface area contributed by atoms with Gasteiger partial charge in [0.25, 0.3) is 0 Å². The highest BCUT2D eigenvalue weighted by molar-refractivity contribution is 5.66. The summed E-state index contributed by atoms with van der Waals surface area (Å²) < 4.78 is 5.82. The lowest BCUT2D eigenvalue weighted by molar-refractivity contribution is -0.141. The van der Waals surface area contributed by atoms with Crippen molar-refractivity contribution in [1.82, 2.24) is 0 Å². The number of anilines is 1. The third-order valence-corrected chi connectivity index (χ3v) is 6.19. The fraction of sp³-hybridized carbons (Fsp3) is 0.391. The highest BCUT2D eigenvalue weighted by atomic mass is 16.5. The lowest BCUT2D eigenvalue weighted by atomic mass is 9.68. The molecule has 1 fully saturated rings. The van der Waals surface area contributed by atoms with Crippen LogP contribution >= 0.6 is 0 Å². The third-order valence-electron chi connectivity index (χ3n) is 6.19. The molecule has 6 nitrogen and oxygen atoms in total. The van der Waals surface area contributed by atoms with E-state index in [0.717, 1.165) is 29.7 Å². The molecule has 3 N–H and O–H groups in total. The molecule has 0 spiro atoms. The summed E-state index contributed by atoms with van der Waals surface area (Å²) in [5, 5.41) is 34.5. The summed E-state index contributed by atoms with van der Waals surface area (Å²) >= 11 is 0. The summed E-state index contributed by atoms with van der Waals surface area (Å²) in [6, 6.07) is 12.3. The van der Waals surface area contributed by atoms with Crippen molar-refractivity contribution in [2.24, 2.45) is 5.92 Å². The van der Waals surface area contributed by atoms with Crippen molar-refractivity contribution in [2.75, 3.05) is 11.9 Å². The van der Waals surface area contributed by atoms with Crippen LogP contribution in [0.5, 0.6) is 5.75 Å². The first-order chi connectivity index (χ1) is 13.9. The van der Waals surface area contributed by atoms with Crippen LogP contribution in [0.25, 0.3) is 4.85 Å². The molecular weight excluding hydrogens is 366 g/mol. The summed E-state index contributed by atoms with van der Waals surface area (Å²) in [7, 11) is 0. The monoisotopic (exact) mass is 389 g/mol. The highest BCUT2D eigenvalue weighted by Gasteiger charge is 2.52. The van der Waals surface area contributed by atoms with Crippen LogP contribution in [-0.2, 0) is 6.42 Å². The van der Waals surface area contributed by atoms with Gasteiger partial charge in [-0.1, -0.05) is 6.07 Å². The number of nitriles is 1. The summed E-state index contributed by atoms with van der Waals surface area (Å²) in [6.45, 7) is 9.18. The van der Waals surface area contributed by atoms with E-state index < -0.39 is 11.7 Å². The second-order valence-corrected chi connectivity index (χ2v) is 8.00. The van der Waals surface area contributed by atoms with Crippen molar-refractivity contribution in [3.05, 3.63) is 64.5 Å². The van der Waals surface area contributed by atoms with Gasteiger partial charge in [0.1, 0.15) is 18.0 Å². The average molecular weight is 389 g/mol. The Labute approximate surface area is 170 Å². The molecule has 1 saturated carbocycles. The first kappa shape index (κ1) is 19.3. The van der Waals surface area contributed by atoms with E-state index in [2.05, 4.69) is 16.2 Å². The first-order valence-corrected chi connectivity index (χ1v) is 9.75. The van der Waals surface area contributed by atoms with E-state index in [4.69, 9.17) is 16.6 Å². The molecule has 0 bridgehead atoms. The van der Waals surface area contributed by atoms with Crippen LogP contribution in [0.4, 0.5) is 11.4 Å². The minimum absolute atomic E-state index is 0.0529. The Kier molecular flexibility index (Phi) is 4.92. The lowest BCUT2D eigenvalue weighted by Gasteiger charge is -2.50. The Balaban J connectivity index is 1.58. The zero-order valence-corrected chi connectivity index (χ0v) is 16.2. The molecule has 4 rings (SSSR count). The molecule has 3 unspecified atom stereocenters. The van der Waals surface area contributed by atoms with Crippen molar-refractivity contribution >= 4 is 11.4 Å². The number of ether oxygens (including phenoxy) is 1. The molecule has 2 aromatic rings. The van der Waals surface area contributed by atoms with Crippen molar-refractivity contribution in [2.45, 2.75) is 43.9 Å². The maximum atomic E-state index is 11.5. The number of aliphatic hydroxyl groups is 2. The van der Waals surface area contributed by atoms with Crippen molar-refractivity contribution in [3.8, 4) is 11.8 Å². The summed E-state index contributed by atoms with van der Waals surface area (Å²) in [6.07, 6.45) is 1.13. The second kappa shape index (κ2) is 7.40. The topological polar surface area (TPSA) is 89.9 Å². The molecule has 2 aromatic carbocycles. The number of aryl methyl sites for hydroxylation is 1. The Morgan fingerprint density at radius 2 is 2.07 bits per heavy atom. The molecule has 1 aliphatic carbocycles. The van der Waals surface area contributed by atoms with Crippen LogP contribution in [0.1, 0.15) is 29.5 Å². The molecule has 0 amide bonds. The highest BCUT2D eigenvalue weighted by Crippen LogP contribution is 2.43. The molecule has 1 aliphatic heterocycles. The fourth-order valence-electron chi connectivity index (χ4n) is 4.49. The summed E-state index contributed by atoms with van der Waals surface area (Å²) in [5.74, 6) is 0.683. The number of nitrogens with zero attached hydrogens (tertiary/aromatic N) is 2. The number of aliphatic hydroxyl groups excluding tert-OH is 1. The fourth-order valence-corrected chi connectivity index (χ4v) is 4.49. The lowest BCUT2D eigenvalue weighted by Crippen LogP contribution is -2.65. The van der Waals surface area contributed by atoms with E-state index in [9.17, 15) is 10.2 Å². The number of fused-ring (bicyclic) bond motifs is 2. The van der Waals surface area contributed by atoms with E-state index >= 15 is 0 Å². The van der Waals surface area contributed by atoms with Gasteiger partial charge < -0.3 is 20.3 Å². The maximum Gasteiger partial charge on any atom is 0.190 e. The van der Waals surface area contributed by atoms with Crippen LogP contribution in [0.3, 0.4) is 0 Å². The number of nitrogens with one attached hydrogen (secondary N) is 1. The molecule has 4 atom stereocenters. The normalized spacial score (nSPS) is 27.6. The van der Waals surface area contributed by atoms with Gasteiger partial charge in [-0.3, -0.25) is 0 Å². The Morgan fingerprint density at radius 3 is 2.76 bits per heavy atom. The van der Waals surface area contributed by atoms with Crippen LogP contribution in [0.15, 0.2) is 36.4 Å². The second-order valence-electron chi connectivity index (χ2n) is 8.00. The van der Waals surface area contributed by atoms with E-state index in [1.54, 1.807) is 24.3 Å². The van der Waals surface area contributed by atoms with E-state index in [0.29, 0.717) is 23.4 Å². The van der Waals surface area contributed by atoms with Crippen LogP contribution in [0, 0.1) is 30.7 Å². The van der Waals surface area contributed by atoms with Gasteiger partial charge >= 0.3 is 0 Å². The summed E-state index contributed by atoms with van der Waals surface area (Å²) in [4.78, 5) is 3.59. The van der Waals surface area contributed by atoms with Crippen LogP contribution < -0.4 is 10.1 Å². The Morgan fingerprint density at radius 1 is 1.31 bits per heavy atom. The molecule has 2 aliphatic rings. The molecule has 0 saturated heterocycles. The van der Waals surface area contributed by atoms with Gasteiger partial charge in [0, 0.05) is 5.69 Å². The molecule has 1 heterocycles. The smallest absolute Gasteiger partial charge is 0.190 e. The van der Waals surface area contributed by atoms with Crippen molar-refractivity contribution in [1.29, 1.82) is 5.26 Å². The van der Waals surface area contributed by atoms with Gasteiger partial charge in [-0.05, 0) is 73.6 Å². The van der Waals surface area contributed by atoms with Gasteiger partial charge in [0.05, 0.1) is 30.4 Å². The predicted octanol–water partition coefficient (Wildman–Crippen LogP) is 3.34. The van der Waals surface area contributed by atoms with Gasteiger partial charge in [-0.15, -0.1) is 0 Å². The average Bonchev–Trinajstić information content (AvgIpc) is 2.74. The molecule has 0 radical (unpaired) electrons. The number of hydrogen-bond acceptors (Lipinski definition) is 5. The first-order valence-electron chi connectivity index (χ1n) is 9.75. The number of benzene rings is 2. The minimum Gasteiger partial charge on any atom is -0.490 e. The van der Waals surface area contributed by atoms with Gasteiger partial charge in [-0.25, -0.2) is 4.85 Å². The maximum absolute atomic E-state index is 11.5. The van der Waals surface area contributed by atoms with Gasteiger partial charge in [-0.2, -0.15) is 5.26 Å². The van der Waals surface area contributed by atoms with E-state index in [1.807, 2.05) is 19.1 Å². The molecular formula is C23H23N3O3. The molecule has 29 heavy (non-hydrogen) atoms. The van der Waals surface area contributed by atoms with E-state index in [-0.39, 0.29) is 18.6 Å². The molecule has 6 heteroatoms. The molecule has 148 valence electrons. The largest absolute Gasteiger partial charge is 0.490 e. The van der Waals surface area contributed by atoms with E-state index in [1.165, 1.54) is 0 Å². The summed E-state index contributed by atoms with van der Waals surface area (Å²) in [5.41, 5.74) is 2.61. The number of rotatable bonds is 3. The number of hydrogen-bond donors (Lipinski definition) is 3. The Bertz CT molecular complexity index is 1010. The van der Waals surface area contributed by atoms with Gasteiger partial charge in [0.2, 0.25) is 0 Å². The van der Waals surface area contributed by atoms with Crippen molar-refractivity contribution in [3.63, 3.8) is 0 Å². The standard InChI is InChI=1S/C23H23N3O3/c1-14-9-20-17(11-19(14)25-2)10-16-5-8-21(27)23(28,22(16)26-20)13-29-18-6-3-15(12-24)4-7-18/h3-4,6-7,9,11,16,21-22,26-28H,5,8,10,13H2,1H3/t16?,21?,22?,23-/m0/s1. The SMILES string of the molecule is [C-]#[N+]c1cc2c(cc1C)NC1C(CCC(O)[C@@]1(O)COc1ccc(C#N)cc1)C2. The van der Waals surface area contributed by atoms with Crippen molar-refractivity contribution < 1.29 is 14.9 Å². The zero-order valence-electron chi connectivity index (χ0n) is 16.2.